The van der Waals surface area contributed by atoms with Crippen LogP contribution in [0.3, 0.4) is 0 Å². The van der Waals surface area contributed by atoms with Crippen LogP contribution in [0.15, 0.2) is 29.8 Å². The highest BCUT2D eigenvalue weighted by atomic mass is 32.1. The number of benzene rings is 1. The first kappa shape index (κ1) is 13.7. The van der Waals surface area contributed by atoms with Crippen LogP contribution < -0.4 is 14.8 Å². The van der Waals surface area contributed by atoms with Crippen LogP contribution in [0.1, 0.15) is 24.9 Å². The van der Waals surface area contributed by atoms with E-state index in [1.807, 2.05) is 36.7 Å². The molecule has 2 rings (SSSR count). The molecule has 0 amide bonds. The van der Waals surface area contributed by atoms with Gasteiger partial charge in [0.05, 0.1) is 19.8 Å². The summed E-state index contributed by atoms with van der Waals surface area (Å²) < 4.78 is 10.8. The Balaban J connectivity index is 2.12. The van der Waals surface area contributed by atoms with Crippen LogP contribution in [0.4, 0.5) is 5.69 Å². The van der Waals surface area contributed by atoms with E-state index in [0.717, 1.165) is 22.2 Å². The van der Waals surface area contributed by atoms with Crippen LogP contribution in [0.25, 0.3) is 0 Å². The van der Waals surface area contributed by atoms with Crippen LogP contribution in [-0.4, -0.2) is 18.7 Å². The Kier molecular flexibility index (Phi) is 4.63. The van der Waals surface area contributed by atoms with Crippen molar-refractivity contribution >= 4 is 17.0 Å². The number of aromatic nitrogens is 1. The number of ether oxygens (including phenoxy) is 2. The molecule has 2 aromatic rings. The second kappa shape index (κ2) is 6.43. The van der Waals surface area contributed by atoms with Crippen molar-refractivity contribution in [3.63, 3.8) is 0 Å². The maximum absolute atomic E-state index is 5.50. The van der Waals surface area contributed by atoms with E-state index in [-0.39, 0.29) is 6.04 Å². The summed E-state index contributed by atoms with van der Waals surface area (Å²) in [4.78, 5) is 4.30. The molecule has 5 heteroatoms. The normalized spacial score (nSPS) is 11.9. The van der Waals surface area contributed by atoms with Gasteiger partial charge in [0.1, 0.15) is 5.01 Å². The van der Waals surface area contributed by atoms with Gasteiger partial charge >= 0.3 is 0 Å². The standard InChI is InChI=1S/C14H18N2O2S/c1-4-18-12-6-5-11(9-13(12)17-3)16-10(2)14-15-7-8-19-14/h5-10,16H,4H2,1-3H3. The van der Waals surface area contributed by atoms with Crippen LogP contribution in [0.5, 0.6) is 11.5 Å². The third-order valence-electron chi connectivity index (χ3n) is 2.67. The third-order valence-corrected chi connectivity index (χ3v) is 3.63. The number of nitrogens with one attached hydrogen (secondary N) is 1. The van der Waals surface area contributed by atoms with Crippen molar-refractivity contribution in [1.82, 2.24) is 4.98 Å². The van der Waals surface area contributed by atoms with Gasteiger partial charge in [-0.05, 0) is 26.0 Å². The number of hydrogen-bond acceptors (Lipinski definition) is 5. The van der Waals surface area contributed by atoms with E-state index < -0.39 is 0 Å². The van der Waals surface area contributed by atoms with E-state index in [9.17, 15) is 0 Å². The molecule has 1 heterocycles. The molecule has 19 heavy (non-hydrogen) atoms. The van der Waals surface area contributed by atoms with E-state index in [1.54, 1.807) is 18.4 Å². The Bertz CT molecular complexity index is 514. The molecule has 0 saturated heterocycles. The molecule has 1 N–H and O–H groups in total. The van der Waals surface area contributed by atoms with Crippen molar-refractivity contribution in [3.05, 3.63) is 34.8 Å². The monoisotopic (exact) mass is 278 g/mol. The summed E-state index contributed by atoms with van der Waals surface area (Å²) in [6.45, 7) is 4.66. The smallest absolute Gasteiger partial charge is 0.162 e. The van der Waals surface area contributed by atoms with Crippen LogP contribution in [0.2, 0.25) is 0 Å². The molecule has 4 nitrogen and oxygen atoms in total. The number of methoxy groups -OCH3 is 1. The number of nitrogens with zero attached hydrogens (tertiary/aromatic N) is 1. The SMILES string of the molecule is CCOc1ccc(NC(C)c2nccs2)cc1OC. The van der Waals surface area contributed by atoms with E-state index >= 15 is 0 Å². The van der Waals surface area contributed by atoms with Gasteiger partial charge in [-0.1, -0.05) is 0 Å². The molecule has 0 aliphatic rings. The largest absolute Gasteiger partial charge is 0.493 e. The second-order valence-corrected chi connectivity index (χ2v) is 4.96. The number of hydrogen-bond donors (Lipinski definition) is 1. The molecular formula is C14H18N2O2S. The predicted molar refractivity (Wildman–Crippen MR) is 78.3 cm³/mol. The minimum absolute atomic E-state index is 0.169. The Morgan fingerprint density at radius 1 is 1.37 bits per heavy atom. The predicted octanol–water partition coefficient (Wildman–Crippen LogP) is 3.72. The van der Waals surface area contributed by atoms with E-state index in [4.69, 9.17) is 9.47 Å². The number of rotatable bonds is 6. The Morgan fingerprint density at radius 2 is 2.21 bits per heavy atom. The quantitative estimate of drug-likeness (QED) is 0.874. The Labute approximate surface area is 117 Å². The van der Waals surface area contributed by atoms with Gasteiger partial charge in [-0.3, -0.25) is 0 Å². The fourth-order valence-electron chi connectivity index (χ4n) is 1.79. The summed E-state index contributed by atoms with van der Waals surface area (Å²) in [5.74, 6) is 1.50. The summed E-state index contributed by atoms with van der Waals surface area (Å²) in [5, 5.41) is 6.44. The Morgan fingerprint density at radius 3 is 2.84 bits per heavy atom. The molecule has 0 saturated carbocycles. The van der Waals surface area contributed by atoms with Crippen molar-refractivity contribution in [2.24, 2.45) is 0 Å². The molecule has 1 aromatic heterocycles. The average molecular weight is 278 g/mol. The van der Waals surface area contributed by atoms with E-state index in [0.29, 0.717) is 6.61 Å². The lowest BCUT2D eigenvalue weighted by atomic mass is 10.2. The zero-order valence-corrected chi connectivity index (χ0v) is 12.2. The van der Waals surface area contributed by atoms with Crippen molar-refractivity contribution < 1.29 is 9.47 Å². The van der Waals surface area contributed by atoms with Crippen LogP contribution in [0, 0.1) is 0 Å². The number of anilines is 1. The zero-order chi connectivity index (χ0) is 13.7. The lowest BCUT2D eigenvalue weighted by Crippen LogP contribution is -2.06. The van der Waals surface area contributed by atoms with Gasteiger partial charge in [0.15, 0.2) is 11.5 Å². The van der Waals surface area contributed by atoms with Gasteiger partial charge in [-0.25, -0.2) is 4.98 Å². The van der Waals surface area contributed by atoms with Gasteiger partial charge in [0, 0.05) is 23.3 Å². The molecule has 102 valence electrons. The Hall–Kier alpha value is -1.75. The summed E-state index contributed by atoms with van der Waals surface area (Å²) >= 11 is 1.64. The minimum Gasteiger partial charge on any atom is -0.493 e. The van der Waals surface area contributed by atoms with Gasteiger partial charge in [0.2, 0.25) is 0 Å². The summed E-state index contributed by atoms with van der Waals surface area (Å²) in [5.41, 5.74) is 0.989. The molecule has 0 aliphatic carbocycles. The van der Waals surface area contributed by atoms with Crippen LogP contribution >= 0.6 is 11.3 Å². The highest BCUT2D eigenvalue weighted by molar-refractivity contribution is 7.09. The lowest BCUT2D eigenvalue weighted by molar-refractivity contribution is 0.311. The first-order chi connectivity index (χ1) is 9.24. The van der Waals surface area contributed by atoms with Gasteiger partial charge in [-0.2, -0.15) is 0 Å². The molecule has 0 bridgehead atoms. The molecule has 0 aliphatic heterocycles. The van der Waals surface area contributed by atoms with Crippen molar-refractivity contribution in [2.45, 2.75) is 19.9 Å². The van der Waals surface area contributed by atoms with E-state index in [2.05, 4.69) is 17.2 Å². The topological polar surface area (TPSA) is 43.4 Å². The van der Waals surface area contributed by atoms with Crippen LogP contribution in [-0.2, 0) is 0 Å². The van der Waals surface area contributed by atoms with Gasteiger partial charge < -0.3 is 14.8 Å². The average Bonchev–Trinajstić information content (AvgIpc) is 2.94. The lowest BCUT2D eigenvalue weighted by Gasteiger charge is -2.15. The fourth-order valence-corrected chi connectivity index (χ4v) is 2.44. The summed E-state index contributed by atoms with van der Waals surface area (Å²) in [6, 6.07) is 6.01. The molecular weight excluding hydrogens is 260 g/mol. The van der Waals surface area contributed by atoms with Crippen molar-refractivity contribution in [3.8, 4) is 11.5 Å². The number of thiazole rings is 1. The molecule has 0 spiro atoms. The highest BCUT2D eigenvalue weighted by Gasteiger charge is 2.10. The molecule has 1 atom stereocenters. The molecule has 0 radical (unpaired) electrons. The zero-order valence-electron chi connectivity index (χ0n) is 11.3. The summed E-state index contributed by atoms with van der Waals surface area (Å²) in [6.07, 6.45) is 1.82. The summed E-state index contributed by atoms with van der Waals surface area (Å²) in [7, 11) is 1.64. The van der Waals surface area contributed by atoms with E-state index in [1.165, 1.54) is 0 Å². The maximum atomic E-state index is 5.50. The third kappa shape index (κ3) is 3.38. The van der Waals surface area contributed by atoms with Crippen molar-refractivity contribution in [1.29, 1.82) is 0 Å². The molecule has 1 unspecified atom stereocenters. The maximum Gasteiger partial charge on any atom is 0.162 e. The molecule has 0 fully saturated rings. The molecule has 1 aromatic carbocycles. The van der Waals surface area contributed by atoms with Gasteiger partial charge in [-0.15, -0.1) is 11.3 Å². The van der Waals surface area contributed by atoms with Crippen molar-refractivity contribution in [2.75, 3.05) is 19.0 Å². The first-order valence-electron chi connectivity index (χ1n) is 6.21. The van der Waals surface area contributed by atoms with Gasteiger partial charge in [0.25, 0.3) is 0 Å². The second-order valence-electron chi connectivity index (χ2n) is 4.04. The minimum atomic E-state index is 0.169. The first-order valence-corrected chi connectivity index (χ1v) is 7.09. The fraction of sp³-hybridized carbons (Fsp3) is 0.357. The highest BCUT2D eigenvalue weighted by Crippen LogP contribution is 2.31.